The molecule has 1 aromatic heterocycles. The number of nitrogens with zero attached hydrogens (tertiary/aromatic N) is 1. The van der Waals surface area contributed by atoms with Crippen LogP contribution in [0, 0.1) is 10.1 Å². The Balaban J connectivity index is 2.91. The van der Waals surface area contributed by atoms with Crippen LogP contribution < -0.4 is 10.9 Å². The molecule has 8 nitrogen and oxygen atoms in total. The number of nitro groups is 1. The van der Waals surface area contributed by atoms with Gasteiger partial charge in [0.2, 0.25) is 0 Å². The molecular weight excluding hydrogens is 268 g/mol. The molecule has 0 unspecified atom stereocenters. The van der Waals surface area contributed by atoms with Crippen molar-refractivity contribution in [2.75, 3.05) is 13.2 Å². The van der Waals surface area contributed by atoms with E-state index in [2.05, 4.69) is 0 Å². The van der Waals surface area contributed by atoms with E-state index in [1.165, 1.54) is 0 Å². The molecule has 0 saturated heterocycles. The van der Waals surface area contributed by atoms with E-state index < -0.39 is 46.7 Å². The zero-order valence-corrected chi connectivity index (χ0v) is 9.35. The number of nitrogens with one attached hydrogen (secondary N) is 2. The summed E-state index contributed by atoms with van der Waals surface area (Å²) in [6.07, 6.45) is 0.779. The van der Waals surface area contributed by atoms with E-state index in [9.17, 15) is 28.5 Å². The number of amides is 1. The van der Waals surface area contributed by atoms with Crippen molar-refractivity contribution in [3.05, 3.63) is 38.3 Å². The highest BCUT2D eigenvalue weighted by Crippen LogP contribution is 2.11. The number of carbonyl (C=O) groups is 1. The lowest BCUT2D eigenvalue weighted by molar-refractivity contribution is -0.385. The molecule has 0 aliphatic heterocycles. The highest BCUT2D eigenvalue weighted by molar-refractivity contribution is 5.94. The summed E-state index contributed by atoms with van der Waals surface area (Å²) in [7, 11) is 0. The molecule has 1 aromatic rings. The second kappa shape index (κ2) is 5.52. The molecule has 10 heteroatoms. The van der Waals surface area contributed by atoms with Gasteiger partial charge >= 0.3 is 0 Å². The zero-order valence-electron chi connectivity index (χ0n) is 9.35. The fourth-order valence-electron chi connectivity index (χ4n) is 1.11. The summed E-state index contributed by atoms with van der Waals surface area (Å²) in [5, 5.41) is 20.4. The van der Waals surface area contributed by atoms with Crippen LogP contribution in [0.25, 0.3) is 0 Å². The molecule has 19 heavy (non-hydrogen) atoms. The summed E-state index contributed by atoms with van der Waals surface area (Å²) in [5.41, 5.74) is -2.17. The van der Waals surface area contributed by atoms with Gasteiger partial charge in [0.15, 0.2) is 0 Å². The first kappa shape index (κ1) is 14.7. The summed E-state index contributed by atoms with van der Waals surface area (Å²) in [6.45, 7) is -2.66. The van der Waals surface area contributed by atoms with Gasteiger partial charge in [-0.1, -0.05) is 0 Å². The third-order valence-corrected chi connectivity index (χ3v) is 2.08. The van der Waals surface area contributed by atoms with Gasteiger partial charge in [0.25, 0.3) is 23.1 Å². The molecule has 1 heterocycles. The van der Waals surface area contributed by atoms with Crippen LogP contribution in [0.5, 0.6) is 0 Å². The number of rotatable bonds is 5. The predicted molar refractivity (Wildman–Crippen MR) is 58.1 cm³/mol. The number of aliphatic hydroxyl groups is 1. The number of aromatic nitrogens is 1. The molecular formula is C9H9F2N3O5. The lowest BCUT2D eigenvalue weighted by Crippen LogP contribution is -2.40. The van der Waals surface area contributed by atoms with E-state index in [4.69, 9.17) is 5.11 Å². The van der Waals surface area contributed by atoms with Crippen molar-refractivity contribution in [3.63, 3.8) is 0 Å². The van der Waals surface area contributed by atoms with Gasteiger partial charge in [0.05, 0.1) is 17.7 Å². The number of pyridine rings is 1. The van der Waals surface area contributed by atoms with Gasteiger partial charge in [-0.05, 0) is 0 Å². The highest BCUT2D eigenvalue weighted by atomic mass is 19.3. The lowest BCUT2D eigenvalue weighted by atomic mass is 10.2. The largest absolute Gasteiger partial charge is 0.390 e. The van der Waals surface area contributed by atoms with E-state index in [0.717, 1.165) is 6.20 Å². The van der Waals surface area contributed by atoms with Crippen LogP contribution in [0.15, 0.2) is 17.1 Å². The number of aromatic amines is 1. The Hall–Kier alpha value is -2.36. The third-order valence-electron chi connectivity index (χ3n) is 2.08. The van der Waals surface area contributed by atoms with Gasteiger partial charge in [-0.3, -0.25) is 19.7 Å². The second-order valence-electron chi connectivity index (χ2n) is 3.55. The van der Waals surface area contributed by atoms with Crippen molar-refractivity contribution in [1.29, 1.82) is 0 Å². The Labute approximate surface area is 104 Å². The van der Waals surface area contributed by atoms with E-state index in [1.54, 1.807) is 5.32 Å². The number of aliphatic hydroxyl groups excluding tert-OH is 1. The summed E-state index contributed by atoms with van der Waals surface area (Å²) >= 11 is 0. The minimum Gasteiger partial charge on any atom is -0.390 e. The summed E-state index contributed by atoms with van der Waals surface area (Å²) in [6, 6.07) is 0.672. The molecule has 0 radical (unpaired) electrons. The van der Waals surface area contributed by atoms with Gasteiger partial charge in [0.1, 0.15) is 12.2 Å². The van der Waals surface area contributed by atoms with Crippen molar-refractivity contribution in [1.82, 2.24) is 10.3 Å². The Bertz CT molecular complexity index is 557. The minimum atomic E-state index is -3.54. The number of alkyl halides is 2. The summed E-state index contributed by atoms with van der Waals surface area (Å²) < 4.78 is 25.4. The average Bonchev–Trinajstić information content (AvgIpc) is 2.36. The third kappa shape index (κ3) is 3.81. The highest BCUT2D eigenvalue weighted by Gasteiger charge is 2.29. The first-order valence-corrected chi connectivity index (χ1v) is 4.91. The maximum absolute atomic E-state index is 12.7. The molecule has 0 spiro atoms. The quantitative estimate of drug-likeness (QED) is 0.500. The topological polar surface area (TPSA) is 125 Å². The fourth-order valence-corrected chi connectivity index (χ4v) is 1.11. The van der Waals surface area contributed by atoms with Crippen LogP contribution in [-0.2, 0) is 0 Å². The van der Waals surface area contributed by atoms with Crippen molar-refractivity contribution >= 4 is 11.6 Å². The normalized spacial score (nSPS) is 11.1. The number of hydrogen-bond donors (Lipinski definition) is 3. The zero-order chi connectivity index (χ0) is 14.6. The summed E-state index contributed by atoms with van der Waals surface area (Å²) in [4.78, 5) is 34.2. The van der Waals surface area contributed by atoms with Crippen LogP contribution >= 0.6 is 0 Å². The number of hydrogen-bond acceptors (Lipinski definition) is 5. The van der Waals surface area contributed by atoms with Crippen LogP contribution in [0.3, 0.4) is 0 Å². The number of carbonyl (C=O) groups excluding carboxylic acids is 1. The molecule has 0 aliphatic carbocycles. The van der Waals surface area contributed by atoms with Crippen molar-refractivity contribution in [2.45, 2.75) is 5.92 Å². The van der Waals surface area contributed by atoms with Crippen LogP contribution in [-0.4, -0.2) is 40.0 Å². The Morgan fingerprint density at radius 3 is 2.74 bits per heavy atom. The molecule has 1 amide bonds. The molecule has 0 saturated carbocycles. The molecule has 3 N–H and O–H groups in total. The molecule has 0 aliphatic rings. The van der Waals surface area contributed by atoms with Crippen molar-refractivity contribution in [2.24, 2.45) is 0 Å². The molecule has 0 fully saturated rings. The van der Waals surface area contributed by atoms with Gasteiger partial charge in [-0.15, -0.1) is 0 Å². The monoisotopic (exact) mass is 277 g/mol. The van der Waals surface area contributed by atoms with E-state index in [1.807, 2.05) is 4.98 Å². The Morgan fingerprint density at radius 1 is 1.58 bits per heavy atom. The molecule has 104 valence electrons. The Morgan fingerprint density at radius 2 is 2.21 bits per heavy atom. The average molecular weight is 277 g/mol. The first-order chi connectivity index (χ1) is 8.76. The molecule has 0 bridgehead atoms. The van der Waals surface area contributed by atoms with Gasteiger partial charge in [-0.25, -0.2) is 8.78 Å². The number of H-pyrrole nitrogens is 1. The molecule has 1 rings (SSSR count). The number of halogens is 2. The maximum atomic E-state index is 12.7. The maximum Gasteiger partial charge on any atom is 0.287 e. The second-order valence-corrected chi connectivity index (χ2v) is 3.55. The first-order valence-electron chi connectivity index (χ1n) is 4.91. The van der Waals surface area contributed by atoms with Crippen LogP contribution in [0.2, 0.25) is 0 Å². The smallest absolute Gasteiger partial charge is 0.287 e. The minimum absolute atomic E-state index is 0.557. The van der Waals surface area contributed by atoms with Crippen LogP contribution in [0.1, 0.15) is 10.4 Å². The SMILES string of the molecule is O=C(NCC(F)(F)CO)c1cc([N+](=O)[O-])c[nH]c1=O. The van der Waals surface area contributed by atoms with E-state index >= 15 is 0 Å². The van der Waals surface area contributed by atoms with E-state index in [-0.39, 0.29) is 0 Å². The van der Waals surface area contributed by atoms with E-state index in [0.29, 0.717) is 6.07 Å². The molecule has 0 atom stereocenters. The Kier molecular flexibility index (Phi) is 4.27. The predicted octanol–water partition coefficient (Wildman–Crippen LogP) is -0.360. The summed E-state index contributed by atoms with van der Waals surface area (Å²) in [5.74, 6) is -4.73. The lowest BCUT2D eigenvalue weighted by Gasteiger charge is -2.13. The standard InChI is InChI=1S/C9H9F2N3O5/c10-9(11,4-15)3-13-8(17)6-1-5(14(18)19)2-12-7(6)16/h1-2,15H,3-4H2,(H,12,16)(H,13,17). The molecule has 0 aromatic carbocycles. The van der Waals surface area contributed by atoms with Gasteiger partial charge in [0, 0.05) is 6.07 Å². The fraction of sp³-hybridized carbons (Fsp3) is 0.333. The van der Waals surface area contributed by atoms with Crippen molar-refractivity contribution < 1.29 is 23.6 Å². The van der Waals surface area contributed by atoms with Gasteiger partial charge in [-0.2, -0.15) is 0 Å². The van der Waals surface area contributed by atoms with Gasteiger partial charge < -0.3 is 15.4 Å². The van der Waals surface area contributed by atoms with Crippen molar-refractivity contribution in [3.8, 4) is 0 Å². The van der Waals surface area contributed by atoms with Crippen LogP contribution in [0.4, 0.5) is 14.5 Å².